The molecule has 0 radical (unpaired) electrons. The zero-order chi connectivity index (χ0) is 13.8. The van der Waals surface area contributed by atoms with Crippen molar-refractivity contribution in [2.24, 2.45) is 0 Å². The van der Waals surface area contributed by atoms with Crippen molar-refractivity contribution in [2.45, 2.75) is 12.5 Å². The van der Waals surface area contributed by atoms with Crippen molar-refractivity contribution >= 4 is 50.7 Å². The molecule has 2 aromatic carbocycles. The molecule has 5 heteroatoms. The normalized spacial score (nSPS) is 10.5. The predicted molar refractivity (Wildman–Crippen MR) is 84.5 cm³/mol. The molecule has 0 heterocycles. The van der Waals surface area contributed by atoms with Crippen LogP contribution in [0.1, 0.15) is 11.1 Å². The van der Waals surface area contributed by atoms with Crippen LogP contribution in [0.3, 0.4) is 0 Å². The van der Waals surface area contributed by atoms with E-state index in [9.17, 15) is 0 Å². The number of benzene rings is 2. The molecule has 0 N–H and O–H groups in total. The second-order valence-electron chi connectivity index (χ2n) is 3.90. The first-order chi connectivity index (χ1) is 9.11. The van der Waals surface area contributed by atoms with Crippen molar-refractivity contribution in [1.82, 2.24) is 0 Å². The molecule has 0 bridgehead atoms. The Bertz CT molecular complexity index is 587. The van der Waals surface area contributed by atoms with Gasteiger partial charge in [0.1, 0.15) is 12.4 Å². The summed E-state index contributed by atoms with van der Waals surface area (Å²) in [6.45, 7) is 0.406. The van der Waals surface area contributed by atoms with Crippen LogP contribution in [0.25, 0.3) is 0 Å². The lowest BCUT2D eigenvalue weighted by Gasteiger charge is -2.12. The Balaban J connectivity index is 2.16. The van der Waals surface area contributed by atoms with Crippen molar-refractivity contribution < 1.29 is 4.74 Å². The maximum absolute atomic E-state index is 5.97. The van der Waals surface area contributed by atoms with Gasteiger partial charge in [0.05, 0.1) is 20.4 Å². The quantitative estimate of drug-likeness (QED) is 0.585. The number of rotatable bonds is 4. The second kappa shape index (κ2) is 6.85. The Morgan fingerprint density at radius 3 is 2.53 bits per heavy atom. The number of para-hydroxylation sites is 1. The van der Waals surface area contributed by atoms with Crippen molar-refractivity contribution in [3.05, 3.63) is 62.0 Å². The fraction of sp³-hybridized carbons (Fsp3) is 0.143. The molecule has 2 aromatic rings. The lowest BCUT2D eigenvalue weighted by atomic mass is 10.2. The summed E-state index contributed by atoms with van der Waals surface area (Å²) in [5.74, 6) is 1.15. The van der Waals surface area contributed by atoms with Crippen LogP contribution in [-0.4, -0.2) is 0 Å². The van der Waals surface area contributed by atoms with Gasteiger partial charge in [-0.1, -0.05) is 41.4 Å². The highest BCUT2D eigenvalue weighted by Gasteiger charge is 2.08. The highest BCUT2D eigenvalue weighted by atomic mass is 79.9. The molecule has 0 aliphatic carbocycles. The Kier molecular flexibility index (Phi) is 5.40. The van der Waals surface area contributed by atoms with E-state index < -0.39 is 0 Å². The van der Waals surface area contributed by atoms with Crippen LogP contribution in [0.5, 0.6) is 5.75 Å². The molecule has 0 aliphatic rings. The van der Waals surface area contributed by atoms with E-state index in [-0.39, 0.29) is 0 Å². The Hall–Kier alpha value is -0.410. The molecule has 0 fully saturated rings. The number of halogens is 4. The van der Waals surface area contributed by atoms with Crippen LogP contribution in [0.2, 0.25) is 10.0 Å². The molecule has 0 amide bonds. The van der Waals surface area contributed by atoms with Gasteiger partial charge < -0.3 is 4.74 Å². The fourth-order valence-corrected chi connectivity index (χ4v) is 2.66. The van der Waals surface area contributed by atoms with Crippen molar-refractivity contribution in [1.29, 1.82) is 0 Å². The number of hydrogen-bond donors (Lipinski definition) is 0. The second-order valence-corrected chi connectivity index (χ2v) is 5.83. The average molecular weight is 380 g/mol. The highest BCUT2D eigenvalue weighted by Crippen LogP contribution is 2.31. The minimum Gasteiger partial charge on any atom is -0.487 e. The average Bonchev–Trinajstić information content (AvgIpc) is 2.41. The molecule has 0 unspecified atom stereocenters. The van der Waals surface area contributed by atoms with E-state index in [2.05, 4.69) is 15.9 Å². The van der Waals surface area contributed by atoms with Crippen LogP contribution in [0, 0.1) is 0 Å². The molecular formula is C14H10BrCl3O. The predicted octanol–water partition coefficient (Wildman–Crippen LogP) is 6.07. The maximum Gasteiger partial charge on any atom is 0.138 e. The molecule has 0 saturated carbocycles. The molecule has 19 heavy (non-hydrogen) atoms. The van der Waals surface area contributed by atoms with E-state index in [4.69, 9.17) is 39.5 Å². The zero-order valence-corrected chi connectivity index (χ0v) is 13.7. The molecule has 0 spiro atoms. The maximum atomic E-state index is 5.97. The summed E-state index contributed by atoms with van der Waals surface area (Å²) in [6.07, 6.45) is 0. The van der Waals surface area contributed by atoms with Gasteiger partial charge in [-0.2, -0.15) is 0 Å². The first-order valence-corrected chi connectivity index (χ1v) is 7.60. The number of hydrogen-bond acceptors (Lipinski definition) is 1. The van der Waals surface area contributed by atoms with E-state index in [1.54, 1.807) is 12.1 Å². The van der Waals surface area contributed by atoms with Crippen LogP contribution in [0.4, 0.5) is 0 Å². The summed E-state index contributed by atoms with van der Waals surface area (Å²) < 4.78 is 6.69. The largest absolute Gasteiger partial charge is 0.487 e. The molecule has 100 valence electrons. The first kappa shape index (κ1) is 15.0. The Morgan fingerprint density at radius 1 is 1.05 bits per heavy atom. The topological polar surface area (TPSA) is 9.23 Å². The summed E-state index contributed by atoms with van der Waals surface area (Å²) in [5, 5.41) is 1.06. The van der Waals surface area contributed by atoms with Gasteiger partial charge in [-0.3, -0.25) is 0 Å². The lowest BCUT2D eigenvalue weighted by Crippen LogP contribution is -1.98. The molecule has 0 atom stereocenters. The van der Waals surface area contributed by atoms with Gasteiger partial charge in [-0.15, -0.1) is 11.6 Å². The monoisotopic (exact) mass is 378 g/mol. The van der Waals surface area contributed by atoms with Gasteiger partial charge in [0.15, 0.2) is 0 Å². The van der Waals surface area contributed by atoms with Gasteiger partial charge in [0, 0.05) is 5.56 Å². The third kappa shape index (κ3) is 3.79. The minimum absolute atomic E-state index is 0.399. The Labute approximate surface area is 135 Å². The smallest absolute Gasteiger partial charge is 0.138 e. The molecule has 1 nitrogen and oxygen atoms in total. The van der Waals surface area contributed by atoms with Crippen LogP contribution in [0.15, 0.2) is 40.9 Å². The SMILES string of the molecule is ClCc1cccc(Br)c1OCc1ccc(Cl)c(Cl)c1. The van der Waals surface area contributed by atoms with Gasteiger partial charge in [-0.25, -0.2) is 0 Å². The van der Waals surface area contributed by atoms with Gasteiger partial charge in [0.25, 0.3) is 0 Å². The van der Waals surface area contributed by atoms with Crippen LogP contribution >= 0.6 is 50.7 Å². The van der Waals surface area contributed by atoms with Gasteiger partial charge in [-0.05, 0) is 39.7 Å². The molecular weight excluding hydrogens is 370 g/mol. The summed E-state index contributed by atoms with van der Waals surface area (Å²) >= 11 is 21.2. The van der Waals surface area contributed by atoms with E-state index in [0.717, 1.165) is 21.3 Å². The minimum atomic E-state index is 0.399. The van der Waals surface area contributed by atoms with E-state index in [1.807, 2.05) is 24.3 Å². The van der Waals surface area contributed by atoms with E-state index in [1.165, 1.54) is 0 Å². The van der Waals surface area contributed by atoms with Gasteiger partial charge in [0.2, 0.25) is 0 Å². The number of alkyl halides is 1. The number of ether oxygens (including phenoxy) is 1. The zero-order valence-electron chi connectivity index (χ0n) is 9.80. The molecule has 0 aromatic heterocycles. The van der Waals surface area contributed by atoms with Crippen LogP contribution in [-0.2, 0) is 12.5 Å². The Morgan fingerprint density at radius 2 is 1.84 bits per heavy atom. The van der Waals surface area contributed by atoms with Crippen LogP contribution < -0.4 is 4.74 Å². The first-order valence-electron chi connectivity index (χ1n) is 5.52. The highest BCUT2D eigenvalue weighted by molar-refractivity contribution is 9.10. The van der Waals surface area contributed by atoms with Crippen molar-refractivity contribution in [2.75, 3.05) is 0 Å². The summed E-state index contributed by atoms with van der Waals surface area (Å²) in [5.41, 5.74) is 1.89. The summed E-state index contributed by atoms with van der Waals surface area (Å²) in [6, 6.07) is 11.2. The van der Waals surface area contributed by atoms with E-state index in [0.29, 0.717) is 22.5 Å². The molecule has 0 aliphatic heterocycles. The third-order valence-electron chi connectivity index (χ3n) is 2.56. The lowest BCUT2D eigenvalue weighted by molar-refractivity contribution is 0.302. The van der Waals surface area contributed by atoms with Crippen molar-refractivity contribution in [3.8, 4) is 5.75 Å². The molecule has 2 rings (SSSR count). The third-order valence-corrected chi connectivity index (χ3v) is 4.21. The van der Waals surface area contributed by atoms with E-state index >= 15 is 0 Å². The summed E-state index contributed by atoms with van der Waals surface area (Å²) in [4.78, 5) is 0. The fourth-order valence-electron chi connectivity index (χ4n) is 1.61. The van der Waals surface area contributed by atoms with Gasteiger partial charge >= 0.3 is 0 Å². The molecule has 0 saturated heterocycles. The standard InChI is InChI=1S/C14H10BrCl3O/c15-11-3-1-2-10(7-16)14(11)19-8-9-4-5-12(17)13(18)6-9/h1-6H,7-8H2. The van der Waals surface area contributed by atoms with Crippen molar-refractivity contribution in [3.63, 3.8) is 0 Å². The summed E-state index contributed by atoms with van der Waals surface area (Å²) in [7, 11) is 0.